The Morgan fingerprint density at radius 1 is 1.59 bits per heavy atom. The van der Waals surface area contributed by atoms with Gasteiger partial charge in [-0.3, -0.25) is 10.4 Å². The van der Waals surface area contributed by atoms with E-state index in [9.17, 15) is 8.42 Å². The highest BCUT2D eigenvalue weighted by Gasteiger charge is 2.25. The predicted octanol–water partition coefficient (Wildman–Crippen LogP) is 0.322. The monoisotopic (exact) mass is 256 g/mol. The van der Waals surface area contributed by atoms with Gasteiger partial charge in [0.25, 0.3) is 0 Å². The third-order valence-corrected chi connectivity index (χ3v) is 3.76. The van der Waals surface area contributed by atoms with Gasteiger partial charge in [0.05, 0.1) is 5.84 Å². The highest BCUT2D eigenvalue weighted by molar-refractivity contribution is 7.89. The number of rotatable bonds is 5. The van der Waals surface area contributed by atoms with Gasteiger partial charge in [0.15, 0.2) is 0 Å². The molecule has 0 unspecified atom stereocenters. The number of hydrogen-bond acceptors (Lipinski definition) is 4. The number of nitrogens with one attached hydrogen (secondary N) is 2. The van der Waals surface area contributed by atoms with Crippen molar-refractivity contribution in [2.75, 3.05) is 6.54 Å². The van der Waals surface area contributed by atoms with Crippen molar-refractivity contribution in [3.8, 4) is 0 Å². The molecule has 94 valence electrons. The lowest BCUT2D eigenvalue weighted by atomic mass is 9.93. The lowest BCUT2D eigenvalue weighted by molar-refractivity contribution is 0.493. The molecule has 0 amide bonds. The summed E-state index contributed by atoms with van der Waals surface area (Å²) in [6.45, 7) is 3.46. The molecule has 0 spiro atoms. The first kappa shape index (κ1) is 13.6. The number of amidine groups is 1. The van der Waals surface area contributed by atoms with Crippen molar-refractivity contribution in [3.05, 3.63) is 24.5 Å². The van der Waals surface area contributed by atoms with Gasteiger partial charge in [0.2, 0.25) is 10.0 Å². The third kappa shape index (κ3) is 3.50. The molecule has 0 aromatic carbocycles. The average molecular weight is 256 g/mol. The minimum atomic E-state index is -3.59. The molecule has 1 aromatic heterocycles. The van der Waals surface area contributed by atoms with Gasteiger partial charge in [-0.1, -0.05) is 13.8 Å². The second-order valence-electron chi connectivity index (χ2n) is 4.31. The summed E-state index contributed by atoms with van der Waals surface area (Å²) in [5, 5.41) is 7.34. The zero-order valence-electron chi connectivity index (χ0n) is 9.77. The fourth-order valence-corrected chi connectivity index (χ4v) is 2.13. The Kier molecular flexibility index (Phi) is 3.84. The highest BCUT2D eigenvalue weighted by Crippen LogP contribution is 2.14. The summed E-state index contributed by atoms with van der Waals surface area (Å²) in [6.07, 6.45) is 2.77. The van der Waals surface area contributed by atoms with Gasteiger partial charge in [-0.05, 0) is 12.1 Å². The van der Waals surface area contributed by atoms with Crippen LogP contribution in [0, 0.1) is 10.8 Å². The molecule has 1 rings (SSSR count). The Balaban J connectivity index is 2.80. The van der Waals surface area contributed by atoms with E-state index in [1.807, 2.05) is 0 Å². The molecule has 0 aliphatic rings. The van der Waals surface area contributed by atoms with Gasteiger partial charge in [0.1, 0.15) is 4.90 Å². The van der Waals surface area contributed by atoms with Crippen LogP contribution < -0.4 is 10.5 Å². The maximum atomic E-state index is 11.8. The summed E-state index contributed by atoms with van der Waals surface area (Å²) in [6, 6.07) is 3.00. The summed E-state index contributed by atoms with van der Waals surface area (Å²) in [4.78, 5) is 3.84. The van der Waals surface area contributed by atoms with Crippen LogP contribution >= 0.6 is 0 Å². The summed E-state index contributed by atoms with van der Waals surface area (Å²) in [7, 11) is -3.59. The first-order chi connectivity index (χ1) is 7.76. The van der Waals surface area contributed by atoms with E-state index in [2.05, 4.69) is 9.71 Å². The van der Waals surface area contributed by atoms with Crippen molar-refractivity contribution >= 4 is 15.9 Å². The SMILES string of the molecule is CC(C)(CNS(=O)(=O)c1cccnc1)C(=N)N. The normalized spacial score (nSPS) is 12.4. The first-order valence-corrected chi connectivity index (χ1v) is 6.48. The molecule has 6 nitrogen and oxygen atoms in total. The molecule has 1 heterocycles. The van der Waals surface area contributed by atoms with Crippen LogP contribution in [0.1, 0.15) is 13.8 Å². The molecule has 0 aliphatic heterocycles. The minimum Gasteiger partial charge on any atom is -0.387 e. The van der Waals surface area contributed by atoms with Crippen LogP contribution in [0.15, 0.2) is 29.4 Å². The lowest BCUT2D eigenvalue weighted by Crippen LogP contribution is -2.42. The Morgan fingerprint density at radius 3 is 2.71 bits per heavy atom. The Morgan fingerprint density at radius 2 is 2.24 bits per heavy atom. The number of nitrogens with zero attached hydrogens (tertiary/aromatic N) is 1. The molecular formula is C10H16N4O2S. The molecule has 1 aromatic rings. The summed E-state index contributed by atoms with van der Waals surface area (Å²) >= 11 is 0. The molecule has 0 aliphatic carbocycles. The van der Waals surface area contributed by atoms with Crippen LogP contribution in [0.4, 0.5) is 0 Å². The quantitative estimate of drug-likeness (QED) is 0.520. The molecular weight excluding hydrogens is 240 g/mol. The van der Waals surface area contributed by atoms with Gasteiger partial charge in [0, 0.05) is 24.4 Å². The van der Waals surface area contributed by atoms with Crippen molar-refractivity contribution in [3.63, 3.8) is 0 Å². The fourth-order valence-electron chi connectivity index (χ4n) is 0.960. The molecule has 7 heteroatoms. The number of sulfonamides is 1. The van der Waals surface area contributed by atoms with Crippen LogP contribution in [-0.2, 0) is 10.0 Å². The zero-order valence-corrected chi connectivity index (χ0v) is 10.6. The molecule has 0 radical (unpaired) electrons. The van der Waals surface area contributed by atoms with Gasteiger partial charge in [-0.25, -0.2) is 13.1 Å². The van der Waals surface area contributed by atoms with Crippen LogP contribution in [-0.4, -0.2) is 25.8 Å². The summed E-state index contributed by atoms with van der Waals surface area (Å²) in [5.74, 6) is -0.0635. The second kappa shape index (κ2) is 4.80. The minimum absolute atomic E-state index is 0.0635. The van der Waals surface area contributed by atoms with Crippen LogP contribution in [0.5, 0.6) is 0 Å². The highest BCUT2D eigenvalue weighted by atomic mass is 32.2. The number of pyridine rings is 1. The van der Waals surface area contributed by atoms with Gasteiger partial charge in [-0.2, -0.15) is 0 Å². The summed E-state index contributed by atoms with van der Waals surface area (Å²) in [5.41, 5.74) is 4.66. The number of aromatic nitrogens is 1. The summed E-state index contributed by atoms with van der Waals surface area (Å²) < 4.78 is 26.1. The average Bonchev–Trinajstić information content (AvgIpc) is 2.28. The van der Waals surface area contributed by atoms with Crippen molar-refractivity contribution in [1.29, 1.82) is 5.41 Å². The van der Waals surface area contributed by atoms with E-state index in [-0.39, 0.29) is 17.3 Å². The molecule has 0 atom stereocenters. The first-order valence-electron chi connectivity index (χ1n) is 5.00. The van der Waals surface area contributed by atoms with E-state index in [0.717, 1.165) is 0 Å². The van der Waals surface area contributed by atoms with E-state index in [1.165, 1.54) is 18.5 Å². The van der Waals surface area contributed by atoms with Crippen molar-refractivity contribution in [2.45, 2.75) is 18.7 Å². The molecule has 0 fully saturated rings. The molecule has 0 saturated heterocycles. The molecule has 0 saturated carbocycles. The van der Waals surface area contributed by atoms with Crippen LogP contribution in [0.25, 0.3) is 0 Å². The van der Waals surface area contributed by atoms with Crippen molar-refractivity contribution < 1.29 is 8.42 Å². The van der Waals surface area contributed by atoms with Crippen molar-refractivity contribution in [1.82, 2.24) is 9.71 Å². The van der Waals surface area contributed by atoms with Gasteiger partial charge >= 0.3 is 0 Å². The van der Waals surface area contributed by atoms with E-state index in [0.29, 0.717) is 0 Å². The Labute approximate surface area is 101 Å². The standard InChI is InChI=1S/C10H16N4O2S/c1-10(2,9(11)12)7-14-17(15,16)8-4-3-5-13-6-8/h3-6,14H,7H2,1-2H3,(H3,11,12). The van der Waals surface area contributed by atoms with E-state index in [1.54, 1.807) is 19.9 Å². The predicted molar refractivity (Wildman–Crippen MR) is 65.1 cm³/mol. The fraction of sp³-hybridized carbons (Fsp3) is 0.400. The van der Waals surface area contributed by atoms with Gasteiger partial charge < -0.3 is 5.73 Å². The van der Waals surface area contributed by atoms with Crippen LogP contribution in [0.3, 0.4) is 0 Å². The van der Waals surface area contributed by atoms with Crippen LogP contribution in [0.2, 0.25) is 0 Å². The van der Waals surface area contributed by atoms with E-state index in [4.69, 9.17) is 11.1 Å². The smallest absolute Gasteiger partial charge is 0.242 e. The largest absolute Gasteiger partial charge is 0.387 e. The third-order valence-electron chi connectivity index (χ3n) is 2.38. The topological polar surface area (TPSA) is 109 Å². The lowest BCUT2D eigenvalue weighted by Gasteiger charge is -2.22. The Hall–Kier alpha value is -1.47. The maximum Gasteiger partial charge on any atom is 0.242 e. The van der Waals surface area contributed by atoms with Crippen molar-refractivity contribution in [2.24, 2.45) is 11.1 Å². The zero-order chi connectivity index (χ0) is 13.1. The Bertz CT molecular complexity index is 496. The number of hydrogen-bond donors (Lipinski definition) is 3. The molecule has 17 heavy (non-hydrogen) atoms. The molecule has 0 bridgehead atoms. The molecule has 4 N–H and O–H groups in total. The van der Waals surface area contributed by atoms with Gasteiger partial charge in [-0.15, -0.1) is 0 Å². The van der Waals surface area contributed by atoms with E-state index >= 15 is 0 Å². The number of nitrogens with two attached hydrogens (primary N) is 1. The second-order valence-corrected chi connectivity index (χ2v) is 6.08. The van der Waals surface area contributed by atoms with E-state index < -0.39 is 15.4 Å². The maximum absolute atomic E-state index is 11.8.